The Kier molecular flexibility index (Phi) is 4.89. The van der Waals surface area contributed by atoms with Crippen LogP contribution in [0.15, 0.2) is 33.3 Å². The van der Waals surface area contributed by atoms with Crippen LogP contribution in [0.5, 0.6) is 0 Å². The van der Waals surface area contributed by atoms with E-state index in [1.807, 2.05) is 0 Å². The minimum Gasteiger partial charge on any atom is -0.339 e. The van der Waals surface area contributed by atoms with Crippen molar-refractivity contribution in [2.75, 3.05) is 0 Å². The predicted octanol–water partition coefficient (Wildman–Crippen LogP) is 4.74. The first kappa shape index (κ1) is 19.6. The molecule has 0 aliphatic heterocycles. The fourth-order valence-electron chi connectivity index (χ4n) is 2.96. The summed E-state index contributed by atoms with van der Waals surface area (Å²) in [5, 5.41) is 18.3. The summed E-state index contributed by atoms with van der Waals surface area (Å²) in [6.07, 6.45) is -2.69. The van der Waals surface area contributed by atoms with Gasteiger partial charge in [0.15, 0.2) is 5.69 Å². The summed E-state index contributed by atoms with van der Waals surface area (Å²) in [7, 11) is 0. The molecule has 152 valence electrons. The van der Waals surface area contributed by atoms with Gasteiger partial charge in [0.1, 0.15) is 0 Å². The first-order valence-electron chi connectivity index (χ1n) is 8.65. The van der Waals surface area contributed by atoms with Crippen molar-refractivity contribution in [1.82, 2.24) is 19.9 Å². The molecule has 0 N–H and O–H groups in total. The fraction of sp³-hybridized carbons (Fsp3) is 0.353. The third kappa shape index (κ3) is 4.02. The van der Waals surface area contributed by atoms with Crippen LogP contribution in [0.3, 0.4) is 0 Å². The molecule has 0 saturated heterocycles. The standard InChI is InChI=1S/C17H13BrF3N5O3/c18-13-14(9-1-2-9)25(23-15(13)17(19,20)21)8-7-12-22-16(24-29-12)10-3-5-11(6-4-10)26(27)28/h3-6,9H,1-2,7-8H2. The van der Waals surface area contributed by atoms with Crippen molar-refractivity contribution in [1.29, 1.82) is 0 Å². The van der Waals surface area contributed by atoms with Crippen LogP contribution in [0.25, 0.3) is 11.4 Å². The van der Waals surface area contributed by atoms with Gasteiger partial charge in [-0.2, -0.15) is 23.3 Å². The number of nitro benzene ring substituents is 1. The summed E-state index contributed by atoms with van der Waals surface area (Å²) < 4.78 is 46.0. The van der Waals surface area contributed by atoms with E-state index in [4.69, 9.17) is 4.52 Å². The van der Waals surface area contributed by atoms with Gasteiger partial charge in [-0.15, -0.1) is 0 Å². The summed E-state index contributed by atoms with van der Waals surface area (Å²) in [6, 6.07) is 5.65. The molecule has 4 rings (SSSR count). The van der Waals surface area contributed by atoms with Gasteiger partial charge in [-0.05, 0) is 40.9 Å². The summed E-state index contributed by atoms with van der Waals surface area (Å²) in [5.74, 6) is 0.543. The van der Waals surface area contributed by atoms with E-state index in [0.29, 0.717) is 11.3 Å². The lowest BCUT2D eigenvalue weighted by molar-refractivity contribution is -0.384. The molecule has 1 aliphatic carbocycles. The molecule has 12 heteroatoms. The van der Waals surface area contributed by atoms with Gasteiger partial charge in [0.25, 0.3) is 5.69 Å². The summed E-state index contributed by atoms with van der Waals surface area (Å²) >= 11 is 3.05. The topological polar surface area (TPSA) is 99.9 Å². The van der Waals surface area contributed by atoms with E-state index in [1.54, 1.807) is 0 Å². The number of halogens is 4. The Morgan fingerprint density at radius 2 is 1.97 bits per heavy atom. The monoisotopic (exact) mass is 471 g/mol. The average Bonchev–Trinajstić information content (AvgIpc) is 3.28. The molecule has 0 radical (unpaired) electrons. The molecule has 1 aromatic carbocycles. The van der Waals surface area contributed by atoms with Gasteiger partial charge in [-0.25, -0.2) is 0 Å². The van der Waals surface area contributed by atoms with E-state index >= 15 is 0 Å². The SMILES string of the molecule is O=[N+]([O-])c1ccc(-c2noc(CCn3nc(C(F)(F)F)c(Br)c3C3CC3)n2)cc1. The minimum atomic E-state index is -4.54. The molecule has 0 bridgehead atoms. The Balaban J connectivity index is 1.51. The number of hydrogen-bond acceptors (Lipinski definition) is 6. The molecule has 1 aliphatic rings. The van der Waals surface area contributed by atoms with Crippen LogP contribution in [0.2, 0.25) is 0 Å². The van der Waals surface area contributed by atoms with Crippen LogP contribution in [-0.2, 0) is 19.1 Å². The molecule has 1 fully saturated rings. The van der Waals surface area contributed by atoms with E-state index in [2.05, 4.69) is 31.2 Å². The highest BCUT2D eigenvalue weighted by molar-refractivity contribution is 9.10. The second kappa shape index (κ2) is 7.25. The predicted molar refractivity (Wildman–Crippen MR) is 97.0 cm³/mol. The third-order valence-corrected chi connectivity index (χ3v) is 5.29. The number of benzene rings is 1. The van der Waals surface area contributed by atoms with Crippen molar-refractivity contribution in [3.8, 4) is 11.4 Å². The van der Waals surface area contributed by atoms with Crippen LogP contribution in [-0.4, -0.2) is 24.8 Å². The van der Waals surface area contributed by atoms with Crippen molar-refractivity contribution in [2.24, 2.45) is 0 Å². The van der Waals surface area contributed by atoms with Crippen LogP contribution < -0.4 is 0 Å². The maximum absolute atomic E-state index is 13.2. The molecule has 0 amide bonds. The van der Waals surface area contributed by atoms with E-state index in [-0.39, 0.29) is 40.8 Å². The first-order valence-corrected chi connectivity index (χ1v) is 9.44. The lowest BCUT2D eigenvalue weighted by Gasteiger charge is -2.04. The second-order valence-corrected chi connectivity index (χ2v) is 7.40. The number of non-ortho nitro benzene ring substituents is 1. The molecule has 0 atom stereocenters. The molecule has 0 unspecified atom stereocenters. The van der Waals surface area contributed by atoms with Gasteiger partial charge in [-0.3, -0.25) is 14.8 Å². The highest BCUT2D eigenvalue weighted by Gasteiger charge is 2.41. The van der Waals surface area contributed by atoms with Crippen molar-refractivity contribution < 1.29 is 22.6 Å². The van der Waals surface area contributed by atoms with E-state index in [0.717, 1.165) is 12.8 Å². The normalized spacial score (nSPS) is 14.3. The number of nitro groups is 1. The molecule has 2 aromatic heterocycles. The zero-order valence-electron chi connectivity index (χ0n) is 14.7. The van der Waals surface area contributed by atoms with Crippen molar-refractivity contribution in [2.45, 2.75) is 37.9 Å². The number of hydrogen-bond donors (Lipinski definition) is 0. The number of rotatable bonds is 6. The van der Waals surface area contributed by atoms with E-state index in [1.165, 1.54) is 28.9 Å². The lowest BCUT2D eigenvalue weighted by atomic mass is 10.2. The maximum atomic E-state index is 13.2. The summed E-state index contributed by atoms with van der Waals surface area (Å²) in [4.78, 5) is 14.4. The Morgan fingerprint density at radius 3 is 2.55 bits per heavy atom. The van der Waals surface area contributed by atoms with E-state index in [9.17, 15) is 23.3 Å². The Morgan fingerprint density at radius 1 is 1.28 bits per heavy atom. The van der Waals surface area contributed by atoms with E-state index < -0.39 is 16.8 Å². The number of aromatic nitrogens is 4. The second-order valence-electron chi connectivity index (χ2n) is 6.61. The molecule has 29 heavy (non-hydrogen) atoms. The Hall–Kier alpha value is -2.76. The maximum Gasteiger partial charge on any atom is 0.436 e. The highest BCUT2D eigenvalue weighted by Crippen LogP contribution is 2.47. The molecule has 3 aromatic rings. The average molecular weight is 472 g/mol. The minimum absolute atomic E-state index is 0.00963. The molecular weight excluding hydrogens is 459 g/mol. The Labute approximate surface area is 170 Å². The van der Waals surface area contributed by atoms with Crippen molar-refractivity contribution in [3.05, 3.63) is 56.1 Å². The van der Waals surface area contributed by atoms with Crippen molar-refractivity contribution >= 4 is 21.6 Å². The number of nitrogens with zero attached hydrogens (tertiary/aromatic N) is 5. The van der Waals surface area contributed by atoms with Gasteiger partial charge in [0.05, 0.1) is 21.6 Å². The van der Waals surface area contributed by atoms with Crippen LogP contribution in [0.4, 0.5) is 18.9 Å². The zero-order valence-corrected chi connectivity index (χ0v) is 16.3. The molecule has 0 spiro atoms. The Bertz CT molecular complexity index is 1060. The van der Waals surface area contributed by atoms with Gasteiger partial charge < -0.3 is 4.52 Å². The molecular formula is C17H13BrF3N5O3. The van der Waals surface area contributed by atoms with Gasteiger partial charge in [-0.1, -0.05) is 5.16 Å². The number of alkyl halides is 3. The lowest BCUT2D eigenvalue weighted by Crippen LogP contribution is -2.10. The van der Waals surface area contributed by atoms with Crippen LogP contribution >= 0.6 is 15.9 Å². The smallest absolute Gasteiger partial charge is 0.339 e. The largest absolute Gasteiger partial charge is 0.436 e. The van der Waals surface area contributed by atoms with Gasteiger partial charge in [0.2, 0.25) is 11.7 Å². The first-order chi connectivity index (χ1) is 13.7. The summed E-state index contributed by atoms with van der Waals surface area (Å²) in [5.41, 5.74) is 0.0733. The third-order valence-electron chi connectivity index (χ3n) is 4.51. The molecule has 1 saturated carbocycles. The fourth-order valence-corrected chi connectivity index (χ4v) is 3.79. The van der Waals surface area contributed by atoms with Crippen LogP contribution in [0.1, 0.15) is 36.0 Å². The molecule has 8 nitrogen and oxygen atoms in total. The number of aryl methyl sites for hydroxylation is 2. The van der Waals surface area contributed by atoms with Gasteiger partial charge >= 0.3 is 6.18 Å². The van der Waals surface area contributed by atoms with Crippen LogP contribution in [0, 0.1) is 10.1 Å². The van der Waals surface area contributed by atoms with Crippen molar-refractivity contribution in [3.63, 3.8) is 0 Å². The zero-order chi connectivity index (χ0) is 20.8. The summed E-state index contributed by atoms with van der Waals surface area (Å²) in [6.45, 7) is 0.155. The molecule has 2 heterocycles. The highest BCUT2D eigenvalue weighted by atomic mass is 79.9. The van der Waals surface area contributed by atoms with Gasteiger partial charge in [0, 0.05) is 30.0 Å². The quantitative estimate of drug-likeness (QED) is 0.380.